The number of para-hydroxylation sites is 1. The van der Waals surface area contributed by atoms with E-state index < -0.39 is 0 Å². The lowest BCUT2D eigenvalue weighted by Crippen LogP contribution is -2.13. The number of halogens is 1. The number of nitrogens with one attached hydrogen (secondary N) is 1. The van der Waals surface area contributed by atoms with Gasteiger partial charge in [-0.3, -0.25) is 9.20 Å². The van der Waals surface area contributed by atoms with Crippen molar-refractivity contribution in [1.82, 2.24) is 9.38 Å². The molecule has 0 radical (unpaired) electrons. The maximum atomic E-state index is 12.8. The average Bonchev–Trinajstić information content (AvgIpc) is 2.82. The highest BCUT2D eigenvalue weighted by Crippen LogP contribution is 2.32. The molecule has 4 rings (SSSR count). The van der Waals surface area contributed by atoms with E-state index in [9.17, 15) is 9.70 Å². The van der Waals surface area contributed by atoms with Gasteiger partial charge in [0.25, 0.3) is 5.56 Å². The Bertz CT molecular complexity index is 1090. The van der Waals surface area contributed by atoms with Crippen molar-refractivity contribution in [3.05, 3.63) is 62.2 Å². The molecule has 0 spiro atoms. The van der Waals surface area contributed by atoms with E-state index in [0.29, 0.717) is 27.5 Å². The molecule has 2 aromatic carbocycles. The van der Waals surface area contributed by atoms with Gasteiger partial charge in [0.2, 0.25) is 0 Å². The van der Waals surface area contributed by atoms with Gasteiger partial charge in [-0.25, -0.2) is 0 Å². The number of H-pyrrole nitrogens is 1. The highest BCUT2D eigenvalue weighted by molar-refractivity contribution is 9.10. The van der Waals surface area contributed by atoms with Crippen molar-refractivity contribution in [2.75, 3.05) is 0 Å². The number of nitrogens with zero attached hydrogens (tertiary/aromatic N) is 2. The van der Waals surface area contributed by atoms with E-state index in [1.807, 2.05) is 18.2 Å². The molecule has 2 aromatic heterocycles. The maximum absolute atomic E-state index is 12.8. The molecule has 0 atom stereocenters. The van der Waals surface area contributed by atoms with Crippen LogP contribution in [-0.4, -0.2) is 9.38 Å². The highest BCUT2D eigenvalue weighted by atomic mass is 79.9. The van der Waals surface area contributed by atoms with Crippen LogP contribution in [0, 0.1) is 4.91 Å². The third-order valence-corrected chi connectivity index (χ3v) is 4.10. The van der Waals surface area contributed by atoms with Crippen molar-refractivity contribution in [2.24, 2.45) is 5.18 Å². The van der Waals surface area contributed by atoms with Crippen LogP contribution >= 0.6 is 15.9 Å². The molecule has 0 fully saturated rings. The molecule has 0 saturated carbocycles. The third kappa shape index (κ3) is 1.59. The number of aromatic nitrogens is 2. The van der Waals surface area contributed by atoms with E-state index in [1.165, 1.54) is 4.40 Å². The van der Waals surface area contributed by atoms with Crippen LogP contribution in [0.1, 0.15) is 0 Å². The number of rotatable bonds is 1. The zero-order valence-electron chi connectivity index (χ0n) is 10.6. The number of hydrogen-bond donors (Lipinski definition) is 1. The van der Waals surface area contributed by atoms with Crippen molar-refractivity contribution >= 4 is 49.1 Å². The molecular weight excluding hydrogens is 334 g/mol. The smallest absolute Gasteiger partial charge is 0.266 e. The first-order valence-electron chi connectivity index (χ1n) is 6.29. The summed E-state index contributed by atoms with van der Waals surface area (Å²) in [5.41, 5.74) is 1.85. The summed E-state index contributed by atoms with van der Waals surface area (Å²) >= 11 is 3.37. The quantitative estimate of drug-likeness (QED) is 0.529. The van der Waals surface area contributed by atoms with Crippen molar-refractivity contribution in [1.29, 1.82) is 0 Å². The Morgan fingerprint density at radius 1 is 1.10 bits per heavy atom. The summed E-state index contributed by atoms with van der Waals surface area (Å²) in [4.78, 5) is 27.1. The second-order valence-corrected chi connectivity index (χ2v) is 5.68. The van der Waals surface area contributed by atoms with Crippen LogP contribution in [-0.2, 0) is 0 Å². The predicted molar refractivity (Wildman–Crippen MR) is 86.2 cm³/mol. The van der Waals surface area contributed by atoms with E-state index >= 15 is 0 Å². The number of benzene rings is 2. The summed E-state index contributed by atoms with van der Waals surface area (Å²) in [7, 11) is 0. The molecule has 0 saturated heterocycles. The van der Waals surface area contributed by atoms with Crippen molar-refractivity contribution in [3.63, 3.8) is 0 Å². The van der Waals surface area contributed by atoms with Gasteiger partial charge in [0.05, 0.1) is 16.4 Å². The van der Waals surface area contributed by atoms with Crippen molar-refractivity contribution < 1.29 is 0 Å². The molecule has 0 aliphatic rings. The minimum atomic E-state index is -0.175. The summed E-state index contributed by atoms with van der Waals surface area (Å²) in [6, 6.07) is 12.6. The van der Waals surface area contributed by atoms with Crippen LogP contribution in [0.2, 0.25) is 0 Å². The second kappa shape index (κ2) is 4.26. The Hall–Kier alpha value is -2.47. The molecule has 2 heterocycles. The monoisotopic (exact) mass is 341 g/mol. The molecule has 0 aliphatic carbocycles. The molecule has 0 bridgehead atoms. The lowest BCUT2D eigenvalue weighted by Gasteiger charge is -2.02. The van der Waals surface area contributed by atoms with Crippen molar-refractivity contribution in [2.45, 2.75) is 0 Å². The minimum Gasteiger partial charge on any atom is -0.339 e. The van der Waals surface area contributed by atoms with Crippen LogP contribution in [0.5, 0.6) is 0 Å². The van der Waals surface area contributed by atoms with E-state index in [4.69, 9.17) is 0 Å². The normalized spacial score (nSPS) is 11.5. The van der Waals surface area contributed by atoms with Crippen LogP contribution in [0.4, 0.5) is 5.69 Å². The number of hydrogen-bond acceptors (Lipinski definition) is 3. The summed E-state index contributed by atoms with van der Waals surface area (Å²) in [6.45, 7) is 0. The fourth-order valence-corrected chi connectivity index (χ4v) is 3.05. The van der Waals surface area contributed by atoms with Gasteiger partial charge in [-0.2, -0.15) is 0 Å². The molecule has 5 nitrogen and oxygen atoms in total. The lowest BCUT2D eigenvalue weighted by molar-refractivity contribution is 1.15. The van der Waals surface area contributed by atoms with Gasteiger partial charge in [0.1, 0.15) is 5.65 Å². The van der Waals surface area contributed by atoms with Gasteiger partial charge in [0.15, 0.2) is 5.69 Å². The molecule has 0 unspecified atom stereocenters. The second-order valence-electron chi connectivity index (χ2n) is 4.76. The minimum absolute atomic E-state index is 0.175. The van der Waals surface area contributed by atoms with E-state index in [1.54, 1.807) is 24.3 Å². The molecule has 0 amide bonds. The SMILES string of the molecule is O=Nc1c2ccccc2n2c(=O)c3cc(Br)ccc3[nH]c12. The molecule has 1 N–H and O–H groups in total. The third-order valence-electron chi connectivity index (χ3n) is 3.61. The molecule has 21 heavy (non-hydrogen) atoms. The number of fused-ring (bicyclic) bond motifs is 4. The van der Waals surface area contributed by atoms with Crippen LogP contribution in [0.15, 0.2) is 56.9 Å². The zero-order valence-corrected chi connectivity index (χ0v) is 12.2. The Morgan fingerprint density at radius 3 is 2.71 bits per heavy atom. The molecular formula is C15H8BrN3O2. The Labute approximate surface area is 126 Å². The van der Waals surface area contributed by atoms with Crippen LogP contribution < -0.4 is 5.56 Å². The lowest BCUT2D eigenvalue weighted by atomic mass is 10.2. The summed E-state index contributed by atoms with van der Waals surface area (Å²) in [5, 5.41) is 4.32. The van der Waals surface area contributed by atoms with Gasteiger partial charge in [-0.15, -0.1) is 4.91 Å². The summed E-state index contributed by atoms with van der Waals surface area (Å²) in [5.74, 6) is 0. The number of nitroso groups, excluding NO2 is 1. The largest absolute Gasteiger partial charge is 0.339 e. The van der Waals surface area contributed by atoms with E-state index in [-0.39, 0.29) is 11.2 Å². The molecule has 102 valence electrons. The van der Waals surface area contributed by atoms with E-state index in [2.05, 4.69) is 26.1 Å². The Balaban J connectivity index is 2.39. The standard InChI is InChI=1S/C15H8BrN3O2/c16-8-5-6-11-10(7-8)15(20)19-12-4-2-1-3-9(12)13(18-21)14(19)17-11/h1-7,17H. The first kappa shape index (κ1) is 12.3. The fourth-order valence-electron chi connectivity index (χ4n) is 2.69. The fraction of sp³-hybridized carbons (Fsp3) is 0. The van der Waals surface area contributed by atoms with E-state index in [0.717, 1.165) is 4.47 Å². The average molecular weight is 342 g/mol. The van der Waals surface area contributed by atoms with Crippen LogP contribution in [0.3, 0.4) is 0 Å². The van der Waals surface area contributed by atoms with Gasteiger partial charge in [-0.05, 0) is 29.4 Å². The molecule has 6 heteroatoms. The van der Waals surface area contributed by atoms with Gasteiger partial charge < -0.3 is 4.98 Å². The zero-order chi connectivity index (χ0) is 14.6. The van der Waals surface area contributed by atoms with Gasteiger partial charge in [0, 0.05) is 9.86 Å². The van der Waals surface area contributed by atoms with Crippen molar-refractivity contribution in [3.8, 4) is 0 Å². The maximum Gasteiger partial charge on any atom is 0.266 e. The summed E-state index contributed by atoms with van der Waals surface area (Å²) in [6.07, 6.45) is 0. The molecule has 0 aliphatic heterocycles. The first-order valence-corrected chi connectivity index (χ1v) is 7.08. The summed E-state index contributed by atoms with van der Waals surface area (Å²) < 4.78 is 2.32. The Kier molecular flexibility index (Phi) is 2.49. The number of aromatic amines is 1. The van der Waals surface area contributed by atoms with Gasteiger partial charge in [-0.1, -0.05) is 34.1 Å². The van der Waals surface area contributed by atoms with Crippen LogP contribution in [0.25, 0.3) is 27.5 Å². The Morgan fingerprint density at radius 2 is 1.90 bits per heavy atom. The first-order chi connectivity index (χ1) is 10.2. The highest BCUT2D eigenvalue weighted by Gasteiger charge is 2.16. The van der Waals surface area contributed by atoms with Gasteiger partial charge >= 0.3 is 0 Å². The molecule has 4 aromatic rings. The topological polar surface area (TPSA) is 66.7 Å². The predicted octanol–water partition coefficient (Wildman–Crippen LogP) is 4.09.